The Bertz CT molecular complexity index is 1440. The van der Waals surface area contributed by atoms with Crippen LogP contribution in [-0.4, -0.2) is 131 Å². The van der Waals surface area contributed by atoms with Gasteiger partial charge in [-0.25, -0.2) is 4.79 Å². The van der Waals surface area contributed by atoms with Crippen LogP contribution in [0.5, 0.6) is 5.75 Å². The van der Waals surface area contributed by atoms with Crippen LogP contribution >= 0.6 is 0 Å². The van der Waals surface area contributed by atoms with E-state index in [1.165, 1.54) is 52.0 Å². The molecule has 51 heavy (non-hydrogen) atoms. The van der Waals surface area contributed by atoms with Gasteiger partial charge in [-0.15, -0.1) is 0 Å². The van der Waals surface area contributed by atoms with Crippen LogP contribution in [0.3, 0.4) is 0 Å². The highest BCUT2D eigenvalue weighted by molar-refractivity contribution is 5.96. The van der Waals surface area contributed by atoms with Gasteiger partial charge < -0.3 is 63.6 Å². The average molecular weight is 724 g/mol. The highest BCUT2D eigenvalue weighted by Crippen LogP contribution is 2.11. The number of hydrogen-bond donors (Lipinski definition) is 12. The monoisotopic (exact) mass is 723 g/mol. The lowest BCUT2D eigenvalue weighted by Crippen LogP contribution is -2.58. The number of nitrogens with one attached hydrogen (secondary N) is 8. The minimum atomic E-state index is -1.58. The number of nitrogens with two attached hydrogens (primary N) is 1. The molecule has 0 aromatic heterocycles. The molecule has 13 N–H and O–H groups in total. The fourth-order valence-corrected chi connectivity index (χ4v) is 3.96. The third-order valence-corrected chi connectivity index (χ3v) is 6.90. The fraction of sp³-hybridized carbons (Fsp3) is 0.500. The maximum atomic E-state index is 12.7. The van der Waals surface area contributed by atoms with Crippen molar-refractivity contribution in [3.63, 3.8) is 0 Å². The first-order valence-electron chi connectivity index (χ1n) is 15.5. The topological polar surface area (TPSA) is 337 Å². The van der Waals surface area contributed by atoms with E-state index in [1.54, 1.807) is 0 Å². The van der Waals surface area contributed by atoms with Crippen LogP contribution in [0.2, 0.25) is 0 Å². The second kappa shape index (κ2) is 21.3. The Balaban J connectivity index is 2.52. The number of aromatic hydroxyl groups is 1. The van der Waals surface area contributed by atoms with Crippen molar-refractivity contribution in [2.75, 3.05) is 26.2 Å². The molecule has 0 radical (unpaired) electrons. The molecule has 21 nitrogen and oxygen atoms in total. The Morgan fingerprint density at radius 3 is 1.45 bits per heavy atom. The molecule has 282 valence electrons. The average Bonchev–Trinajstić information content (AvgIpc) is 3.08. The number of carboxylic acids is 1. The number of carbonyl (C=O) groups is 9. The van der Waals surface area contributed by atoms with Crippen molar-refractivity contribution in [2.45, 2.75) is 70.4 Å². The largest absolute Gasteiger partial charge is 0.508 e. The second-order valence-corrected chi connectivity index (χ2v) is 11.3. The Morgan fingerprint density at radius 2 is 1.00 bits per heavy atom. The molecule has 0 aliphatic carbocycles. The van der Waals surface area contributed by atoms with Gasteiger partial charge in [-0.05, 0) is 45.4 Å². The molecule has 0 fully saturated rings. The molecule has 1 aromatic carbocycles. The lowest BCUT2D eigenvalue weighted by atomic mass is 10.1. The standard InChI is InChI=1S/C30H45N9O12/c1-14(34-22(42)10-31)25(45)32-11-23(43)35-15(2)26(46)33-12-24(44)36-16(3)27(47)37-17(4)28(48)39-21(13-40)29(49)38-20(30(50)51)9-18-5-7-19(41)8-6-18/h5-8,14-17,20-21,40-41H,9-13,31H2,1-4H3,(H,32,45)(H,33,46)(H,34,42)(H,35,43)(H,36,44)(H,37,47)(H,38,49)(H,39,48)(H,50,51)/t14-,15-,16-,17-,20-,21-/m0/s1. The lowest BCUT2D eigenvalue weighted by Gasteiger charge is -2.23. The van der Waals surface area contributed by atoms with E-state index in [4.69, 9.17) is 5.73 Å². The predicted molar refractivity (Wildman–Crippen MR) is 176 cm³/mol. The second-order valence-electron chi connectivity index (χ2n) is 11.3. The van der Waals surface area contributed by atoms with Crippen LogP contribution in [0.4, 0.5) is 0 Å². The number of phenols is 1. The SMILES string of the molecule is C[C@H](NC(=O)CN)C(=O)NCC(=O)N[C@@H](C)C(=O)NCC(=O)N[C@@H](C)C(=O)N[C@@H](C)C(=O)N[C@@H](CO)C(=O)N[C@@H](Cc1ccc(O)cc1)C(=O)O. The van der Waals surface area contributed by atoms with E-state index in [9.17, 15) is 58.5 Å². The molecule has 6 atom stereocenters. The van der Waals surface area contributed by atoms with Gasteiger partial charge in [0.15, 0.2) is 0 Å². The van der Waals surface area contributed by atoms with Crippen molar-refractivity contribution in [1.82, 2.24) is 42.5 Å². The highest BCUT2D eigenvalue weighted by Gasteiger charge is 2.29. The maximum absolute atomic E-state index is 12.7. The number of carboxylic acid groups (broad SMARTS) is 1. The van der Waals surface area contributed by atoms with Crippen molar-refractivity contribution in [2.24, 2.45) is 5.73 Å². The van der Waals surface area contributed by atoms with E-state index >= 15 is 0 Å². The van der Waals surface area contributed by atoms with Crippen molar-refractivity contribution in [3.8, 4) is 5.75 Å². The zero-order valence-corrected chi connectivity index (χ0v) is 28.4. The molecule has 0 spiro atoms. The normalized spacial score (nSPS) is 14.1. The summed E-state index contributed by atoms with van der Waals surface area (Å²) in [4.78, 5) is 109. The molecule has 0 aliphatic rings. The molecule has 0 saturated heterocycles. The van der Waals surface area contributed by atoms with Crippen LogP contribution < -0.4 is 48.3 Å². The van der Waals surface area contributed by atoms with Crippen LogP contribution in [0.25, 0.3) is 0 Å². The summed E-state index contributed by atoms with van der Waals surface area (Å²) < 4.78 is 0. The number of benzene rings is 1. The summed E-state index contributed by atoms with van der Waals surface area (Å²) in [6, 6.07) is -2.01. The van der Waals surface area contributed by atoms with E-state index in [0.29, 0.717) is 5.56 Å². The van der Waals surface area contributed by atoms with Gasteiger partial charge in [0, 0.05) is 6.42 Å². The molecule has 0 bridgehead atoms. The van der Waals surface area contributed by atoms with Gasteiger partial charge in [0.2, 0.25) is 47.3 Å². The first-order chi connectivity index (χ1) is 23.9. The number of amides is 8. The van der Waals surface area contributed by atoms with Crippen molar-refractivity contribution < 1.29 is 58.5 Å². The zero-order valence-electron chi connectivity index (χ0n) is 28.4. The summed E-state index contributed by atoms with van der Waals surface area (Å²) in [5.74, 6) is -7.75. The molecular weight excluding hydrogens is 678 g/mol. The number of aliphatic carboxylic acids is 1. The number of carbonyl (C=O) groups excluding carboxylic acids is 8. The zero-order chi connectivity index (χ0) is 38.8. The van der Waals surface area contributed by atoms with Gasteiger partial charge >= 0.3 is 5.97 Å². The van der Waals surface area contributed by atoms with Crippen LogP contribution in [0.1, 0.15) is 33.3 Å². The smallest absolute Gasteiger partial charge is 0.326 e. The van der Waals surface area contributed by atoms with Crippen LogP contribution in [0.15, 0.2) is 24.3 Å². The lowest BCUT2D eigenvalue weighted by molar-refractivity contribution is -0.142. The Hall–Kier alpha value is -5.83. The van der Waals surface area contributed by atoms with E-state index in [1.807, 2.05) is 0 Å². The number of aliphatic hydroxyl groups excluding tert-OH is 1. The summed E-state index contributed by atoms with van der Waals surface area (Å²) in [5.41, 5.74) is 5.64. The summed E-state index contributed by atoms with van der Waals surface area (Å²) in [7, 11) is 0. The van der Waals surface area contributed by atoms with E-state index in [2.05, 4.69) is 42.5 Å². The fourth-order valence-electron chi connectivity index (χ4n) is 3.96. The first-order valence-corrected chi connectivity index (χ1v) is 15.5. The molecule has 8 amide bonds. The summed E-state index contributed by atoms with van der Waals surface area (Å²) in [6.07, 6.45) is -0.163. The maximum Gasteiger partial charge on any atom is 0.326 e. The molecule has 0 aliphatic heterocycles. The predicted octanol–water partition coefficient (Wildman–Crippen LogP) is -5.81. The van der Waals surface area contributed by atoms with Gasteiger partial charge in [-0.1, -0.05) is 12.1 Å². The van der Waals surface area contributed by atoms with Gasteiger partial charge in [-0.2, -0.15) is 0 Å². The quantitative estimate of drug-likeness (QED) is 0.0597. The van der Waals surface area contributed by atoms with Gasteiger partial charge in [0.05, 0.1) is 26.2 Å². The molecule has 0 heterocycles. The molecule has 1 rings (SSSR count). The minimum absolute atomic E-state index is 0.0410. The number of aliphatic hydroxyl groups is 1. The summed E-state index contributed by atoms with van der Waals surface area (Å²) in [6.45, 7) is 2.88. The van der Waals surface area contributed by atoms with Crippen LogP contribution in [0, 0.1) is 0 Å². The Morgan fingerprint density at radius 1 is 0.588 bits per heavy atom. The molecule has 0 saturated carbocycles. The van der Waals surface area contributed by atoms with Gasteiger partial charge in [0.25, 0.3) is 0 Å². The Labute approximate surface area is 292 Å². The van der Waals surface area contributed by atoms with E-state index in [-0.39, 0.29) is 18.7 Å². The molecule has 1 aromatic rings. The Kier molecular flexibility index (Phi) is 18.0. The van der Waals surface area contributed by atoms with E-state index < -0.39 is 109 Å². The number of hydrogen-bond acceptors (Lipinski definition) is 12. The number of phenolic OH excluding ortho intramolecular Hbond substituents is 1. The van der Waals surface area contributed by atoms with Gasteiger partial charge in [-0.3, -0.25) is 38.4 Å². The summed E-state index contributed by atoms with van der Waals surface area (Å²) >= 11 is 0. The van der Waals surface area contributed by atoms with Crippen molar-refractivity contribution in [1.29, 1.82) is 0 Å². The highest BCUT2D eigenvalue weighted by atomic mass is 16.4. The first kappa shape index (κ1) is 43.2. The minimum Gasteiger partial charge on any atom is -0.508 e. The van der Waals surface area contributed by atoms with Crippen molar-refractivity contribution >= 4 is 53.2 Å². The molecule has 0 unspecified atom stereocenters. The van der Waals surface area contributed by atoms with Crippen molar-refractivity contribution in [3.05, 3.63) is 29.8 Å². The molecular formula is C30H45N9O12. The number of rotatable bonds is 20. The van der Waals surface area contributed by atoms with Gasteiger partial charge in [0.1, 0.15) is 42.0 Å². The summed E-state index contributed by atoms with van der Waals surface area (Å²) in [5, 5.41) is 46.8. The van der Waals surface area contributed by atoms with E-state index in [0.717, 1.165) is 0 Å². The van der Waals surface area contributed by atoms with Crippen LogP contribution in [-0.2, 0) is 49.6 Å². The third-order valence-electron chi connectivity index (χ3n) is 6.90. The third kappa shape index (κ3) is 16.0. The molecule has 21 heteroatoms.